The molecular formula is C13H25N3O4. The second-order valence-corrected chi connectivity index (χ2v) is 6.43. The molecule has 4 N–H and O–H groups in total. The Labute approximate surface area is 119 Å². The molecule has 0 aliphatic carbocycles. The third-order valence-corrected chi connectivity index (χ3v) is 3.01. The first-order valence-corrected chi connectivity index (χ1v) is 6.68. The summed E-state index contributed by atoms with van der Waals surface area (Å²) >= 11 is 0. The van der Waals surface area contributed by atoms with E-state index >= 15 is 0 Å². The van der Waals surface area contributed by atoms with Crippen LogP contribution in [-0.4, -0.2) is 53.8 Å². The number of rotatable bonds is 3. The lowest BCUT2D eigenvalue weighted by Gasteiger charge is -2.40. The smallest absolute Gasteiger partial charge is 0.410 e. The largest absolute Gasteiger partial charge is 0.444 e. The summed E-state index contributed by atoms with van der Waals surface area (Å²) in [5.74, 6) is -0.493. The van der Waals surface area contributed by atoms with Crippen LogP contribution in [0.5, 0.6) is 0 Å². The number of nitrogens with two attached hydrogens (primary N) is 2. The lowest BCUT2D eigenvalue weighted by molar-refractivity contribution is -0.122. The van der Waals surface area contributed by atoms with Gasteiger partial charge in [-0.1, -0.05) is 0 Å². The van der Waals surface area contributed by atoms with Crippen LogP contribution in [0.4, 0.5) is 4.79 Å². The number of nitrogens with zero attached hydrogens (tertiary/aromatic N) is 1. The number of carbonyl (C=O) groups excluding carboxylic acids is 2. The second-order valence-electron chi connectivity index (χ2n) is 6.43. The van der Waals surface area contributed by atoms with Crippen molar-refractivity contribution in [3.8, 4) is 0 Å². The Balaban J connectivity index is 2.67. The fraction of sp³-hybridized carbons (Fsp3) is 0.846. The maximum absolute atomic E-state index is 12.0. The standard InChI is InChI=1S/C13H25N3O4/c1-12(2,3)20-11(18)16-5-6-19-9(8-16)13(4,15)7-10(14)17/h9H,5-8,15H2,1-4H3,(H2,14,17). The topological polar surface area (TPSA) is 108 Å². The Morgan fingerprint density at radius 2 is 1.95 bits per heavy atom. The van der Waals surface area contributed by atoms with Gasteiger partial charge in [0, 0.05) is 18.5 Å². The van der Waals surface area contributed by atoms with Gasteiger partial charge < -0.3 is 25.8 Å². The molecule has 1 aliphatic rings. The second kappa shape index (κ2) is 5.97. The summed E-state index contributed by atoms with van der Waals surface area (Å²) in [7, 11) is 0. The SMILES string of the molecule is CC(C)(C)OC(=O)N1CCOC(C(C)(N)CC(N)=O)C1. The van der Waals surface area contributed by atoms with Crippen LogP contribution in [0.25, 0.3) is 0 Å². The predicted octanol–water partition coefficient (Wildman–Crippen LogP) is 0.215. The molecule has 0 aromatic carbocycles. The third kappa shape index (κ3) is 4.97. The Hall–Kier alpha value is -1.34. The molecule has 20 heavy (non-hydrogen) atoms. The summed E-state index contributed by atoms with van der Waals surface area (Å²) < 4.78 is 10.9. The number of ether oxygens (including phenoxy) is 2. The highest BCUT2D eigenvalue weighted by Crippen LogP contribution is 2.20. The van der Waals surface area contributed by atoms with Crippen LogP contribution in [0.1, 0.15) is 34.1 Å². The molecule has 1 aliphatic heterocycles. The van der Waals surface area contributed by atoms with Crippen molar-refractivity contribution in [1.82, 2.24) is 4.90 Å². The van der Waals surface area contributed by atoms with E-state index in [1.807, 2.05) is 20.8 Å². The van der Waals surface area contributed by atoms with Gasteiger partial charge in [0.2, 0.25) is 5.91 Å². The van der Waals surface area contributed by atoms with E-state index < -0.39 is 29.2 Å². The van der Waals surface area contributed by atoms with Crippen molar-refractivity contribution in [1.29, 1.82) is 0 Å². The van der Waals surface area contributed by atoms with E-state index in [-0.39, 0.29) is 13.0 Å². The highest BCUT2D eigenvalue weighted by Gasteiger charge is 2.38. The van der Waals surface area contributed by atoms with E-state index in [1.165, 1.54) is 0 Å². The summed E-state index contributed by atoms with van der Waals surface area (Å²) in [6, 6.07) is 0. The lowest BCUT2D eigenvalue weighted by Crippen LogP contribution is -2.60. The molecule has 0 aromatic heterocycles. The maximum atomic E-state index is 12.0. The van der Waals surface area contributed by atoms with Gasteiger partial charge in [0.25, 0.3) is 0 Å². The minimum absolute atomic E-state index is 0.000173. The molecule has 0 aromatic rings. The Bertz CT molecular complexity index is 376. The summed E-state index contributed by atoms with van der Waals surface area (Å²) in [5, 5.41) is 0. The molecule has 116 valence electrons. The van der Waals surface area contributed by atoms with E-state index in [9.17, 15) is 9.59 Å². The van der Waals surface area contributed by atoms with Crippen LogP contribution in [0.3, 0.4) is 0 Å². The summed E-state index contributed by atoms with van der Waals surface area (Å²) in [6.07, 6.45) is -0.850. The minimum atomic E-state index is -0.910. The predicted molar refractivity (Wildman–Crippen MR) is 74.0 cm³/mol. The fourth-order valence-electron chi connectivity index (χ4n) is 2.03. The molecule has 1 rings (SSSR count). The van der Waals surface area contributed by atoms with E-state index in [0.29, 0.717) is 13.2 Å². The Morgan fingerprint density at radius 1 is 1.35 bits per heavy atom. The van der Waals surface area contributed by atoms with Gasteiger partial charge in [-0.05, 0) is 27.7 Å². The molecule has 7 heteroatoms. The van der Waals surface area contributed by atoms with Gasteiger partial charge in [-0.25, -0.2) is 4.79 Å². The van der Waals surface area contributed by atoms with E-state index in [0.717, 1.165) is 0 Å². The number of amides is 2. The van der Waals surface area contributed by atoms with Gasteiger partial charge in [-0.15, -0.1) is 0 Å². The highest BCUT2D eigenvalue weighted by atomic mass is 16.6. The fourth-order valence-corrected chi connectivity index (χ4v) is 2.03. The molecule has 2 amide bonds. The number of primary amides is 1. The zero-order valence-corrected chi connectivity index (χ0v) is 12.6. The zero-order valence-electron chi connectivity index (χ0n) is 12.6. The first kappa shape index (κ1) is 16.7. The third-order valence-electron chi connectivity index (χ3n) is 3.01. The summed E-state index contributed by atoms with van der Waals surface area (Å²) in [4.78, 5) is 24.6. The molecule has 0 radical (unpaired) electrons. The van der Waals surface area contributed by atoms with Crippen LogP contribution < -0.4 is 11.5 Å². The van der Waals surface area contributed by atoms with Crippen molar-refractivity contribution in [2.75, 3.05) is 19.7 Å². The van der Waals surface area contributed by atoms with Gasteiger partial charge in [0.1, 0.15) is 5.60 Å². The average molecular weight is 287 g/mol. The number of hydrogen-bond donors (Lipinski definition) is 2. The molecular weight excluding hydrogens is 262 g/mol. The van der Waals surface area contributed by atoms with Crippen molar-refractivity contribution >= 4 is 12.0 Å². The molecule has 1 heterocycles. The number of carbonyl (C=O) groups is 2. The van der Waals surface area contributed by atoms with Crippen molar-refractivity contribution in [3.05, 3.63) is 0 Å². The molecule has 0 bridgehead atoms. The van der Waals surface area contributed by atoms with Crippen molar-refractivity contribution < 1.29 is 19.1 Å². The van der Waals surface area contributed by atoms with Crippen molar-refractivity contribution in [3.63, 3.8) is 0 Å². The average Bonchev–Trinajstić information content (AvgIpc) is 2.25. The lowest BCUT2D eigenvalue weighted by atomic mass is 9.90. The van der Waals surface area contributed by atoms with E-state index in [1.54, 1.807) is 11.8 Å². The van der Waals surface area contributed by atoms with Gasteiger partial charge in [-0.2, -0.15) is 0 Å². The maximum Gasteiger partial charge on any atom is 0.410 e. The Morgan fingerprint density at radius 3 is 2.45 bits per heavy atom. The summed E-state index contributed by atoms with van der Waals surface area (Å²) in [5.41, 5.74) is 9.80. The Kier molecular flexibility index (Phi) is 4.99. The van der Waals surface area contributed by atoms with Crippen LogP contribution >= 0.6 is 0 Å². The quantitative estimate of drug-likeness (QED) is 0.771. The molecule has 0 saturated carbocycles. The van der Waals surface area contributed by atoms with E-state index in [4.69, 9.17) is 20.9 Å². The summed E-state index contributed by atoms with van der Waals surface area (Å²) in [6.45, 7) is 8.21. The van der Waals surface area contributed by atoms with Crippen LogP contribution in [0, 0.1) is 0 Å². The molecule has 1 saturated heterocycles. The number of hydrogen-bond acceptors (Lipinski definition) is 5. The number of morpholine rings is 1. The van der Waals surface area contributed by atoms with Gasteiger partial charge in [0.05, 0.1) is 19.3 Å². The molecule has 1 fully saturated rings. The van der Waals surface area contributed by atoms with Gasteiger partial charge in [-0.3, -0.25) is 4.79 Å². The monoisotopic (exact) mass is 287 g/mol. The highest BCUT2D eigenvalue weighted by molar-refractivity contribution is 5.75. The van der Waals surface area contributed by atoms with Gasteiger partial charge >= 0.3 is 6.09 Å². The van der Waals surface area contributed by atoms with Crippen LogP contribution in [-0.2, 0) is 14.3 Å². The van der Waals surface area contributed by atoms with Gasteiger partial charge in [0.15, 0.2) is 0 Å². The molecule has 2 unspecified atom stereocenters. The minimum Gasteiger partial charge on any atom is -0.444 e. The van der Waals surface area contributed by atoms with E-state index in [2.05, 4.69) is 0 Å². The zero-order chi connectivity index (χ0) is 15.6. The molecule has 0 spiro atoms. The first-order valence-electron chi connectivity index (χ1n) is 6.68. The molecule has 7 nitrogen and oxygen atoms in total. The van der Waals surface area contributed by atoms with Crippen molar-refractivity contribution in [2.24, 2.45) is 11.5 Å². The normalized spacial score (nSPS) is 23.1. The molecule has 2 atom stereocenters. The van der Waals surface area contributed by atoms with Crippen molar-refractivity contribution in [2.45, 2.75) is 51.4 Å². The first-order chi connectivity index (χ1) is 9.01. The van der Waals surface area contributed by atoms with Crippen LogP contribution in [0.2, 0.25) is 0 Å². The van der Waals surface area contributed by atoms with Crippen LogP contribution in [0.15, 0.2) is 0 Å².